The van der Waals surface area contributed by atoms with E-state index in [9.17, 15) is 0 Å². The Morgan fingerprint density at radius 3 is 1.36 bits per heavy atom. The van der Waals surface area contributed by atoms with Crippen LogP contribution in [0.4, 0.5) is 0 Å². The van der Waals surface area contributed by atoms with Crippen molar-refractivity contribution in [3.63, 3.8) is 0 Å². The lowest BCUT2D eigenvalue weighted by Crippen LogP contribution is -2.53. The molecule has 0 aliphatic heterocycles. The van der Waals surface area contributed by atoms with Crippen LogP contribution in [0.1, 0.15) is 6.92 Å². The van der Waals surface area contributed by atoms with Gasteiger partial charge in [0.2, 0.25) is 0 Å². The van der Waals surface area contributed by atoms with Gasteiger partial charge in [0.25, 0.3) is 0 Å². The van der Waals surface area contributed by atoms with Crippen LogP contribution >= 0.6 is 0 Å². The first kappa shape index (κ1) is 11.1. The molecule has 68 valence electrons. The summed E-state index contributed by atoms with van der Waals surface area (Å²) in [5.41, 5.74) is -0.137. The van der Waals surface area contributed by atoms with Gasteiger partial charge < -0.3 is 18.0 Å². The molecule has 5 heteroatoms. The van der Waals surface area contributed by atoms with E-state index in [0.29, 0.717) is 0 Å². The van der Waals surface area contributed by atoms with Gasteiger partial charge in [-0.05, 0) is 6.92 Å². The van der Waals surface area contributed by atoms with Gasteiger partial charge in [0.1, 0.15) is 5.73 Å². The van der Waals surface area contributed by atoms with Gasteiger partial charge in [0, 0.05) is 28.4 Å². The Morgan fingerprint density at radius 2 is 1.27 bits per heavy atom. The van der Waals surface area contributed by atoms with E-state index < -0.39 is 8.80 Å². The van der Waals surface area contributed by atoms with Crippen molar-refractivity contribution in [2.24, 2.45) is 0 Å². The minimum absolute atomic E-state index is 0.137. The molecule has 0 rings (SSSR count). The quantitative estimate of drug-likeness (QED) is 0.575. The molecule has 4 nitrogen and oxygen atoms in total. The number of methoxy groups -OCH3 is 1. The van der Waals surface area contributed by atoms with E-state index in [1.165, 1.54) is 0 Å². The van der Waals surface area contributed by atoms with Crippen LogP contribution in [0.5, 0.6) is 0 Å². The highest BCUT2D eigenvalue weighted by molar-refractivity contribution is 6.61. The molecular weight excluding hydrogens is 164 g/mol. The summed E-state index contributed by atoms with van der Waals surface area (Å²) in [4.78, 5) is 0. The predicted molar refractivity (Wildman–Crippen MR) is 43.3 cm³/mol. The maximum atomic E-state index is 5.16. The van der Waals surface area contributed by atoms with E-state index in [1.54, 1.807) is 28.4 Å². The number of hydrogen-bond acceptors (Lipinski definition) is 4. The van der Waals surface area contributed by atoms with Gasteiger partial charge in [-0.3, -0.25) is 0 Å². The van der Waals surface area contributed by atoms with Crippen molar-refractivity contribution in [3.8, 4) is 0 Å². The Labute approximate surface area is 68.8 Å². The number of ether oxygens (including phenoxy) is 1. The molecule has 0 fully saturated rings. The summed E-state index contributed by atoms with van der Waals surface area (Å²) in [6, 6.07) is 0. The molecule has 0 aromatic heterocycles. The lowest BCUT2D eigenvalue weighted by atomic mass is 10.9. The molecule has 0 radical (unpaired) electrons. The van der Waals surface area contributed by atoms with Crippen LogP contribution in [0.2, 0.25) is 0 Å². The third-order valence-corrected chi connectivity index (χ3v) is 4.64. The van der Waals surface area contributed by atoms with E-state index in [-0.39, 0.29) is 5.73 Å². The molecule has 0 aromatic rings. The molecule has 0 aliphatic rings. The van der Waals surface area contributed by atoms with Crippen molar-refractivity contribution in [1.82, 2.24) is 0 Å². The first-order valence-corrected chi connectivity index (χ1v) is 5.15. The minimum atomic E-state index is -2.54. The summed E-state index contributed by atoms with van der Waals surface area (Å²) in [5.74, 6) is 0. The standard InChI is InChI=1S/C6H16O4Si/c1-6(7-2)11(8-3,9-4)10-5/h6H,1-5H3. The van der Waals surface area contributed by atoms with E-state index in [1.807, 2.05) is 6.92 Å². The monoisotopic (exact) mass is 180 g/mol. The van der Waals surface area contributed by atoms with Crippen molar-refractivity contribution in [2.75, 3.05) is 28.4 Å². The highest BCUT2D eigenvalue weighted by Gasteiger charge is 2.45. The van der Waals surface area contributed by atoms with Gasteiger partial charge in [-0.2, -0.15) is 0 Å². The Morgan fingerprint density at radius 1 is 0.909 bits per heavy atom. The predicted octanol–water partition coefficient (Wildman–Crippen LogP) is 0.439. The molecule has 0 amide bonds. The molecule has 0 N–H and O–H groups in total. The van der Waals surface area contributed by atoms with Gasteiger partial charge in [-0.1, -0.05) is 0 Å². The Balaban J connectivity index is 4.26. The summed E-state index contributed by atoms with van der Waals surface area (Å²) in [6.45, 7) is 1.86. The third-order valence-electron chi connectivity index (χ3n) is 1.70. The van der Waals surface area contributed by atoms with Crippen molar-refractivity contribution in [2.45, 2.75) is 12.7 Å². The largest absolute Gasteiger partial charge is 0.530 e. The highest BCUT2D eigenvalue weighted by Crippen LogP contribution is 2.13. The van der Waals surface area contributed by atoms with Crippen LogP contribution in [0.15, 0.2) is 0 Å². The molecule has 0 saturated heterocycles. The Kier molecular flexibility index (Phi) is 4.86. The van der Waals surface area contributed by atoms with Crippen LogP contribution in [0, 0.1) is 0 Å². The van der Waals surface area contributed by atoms with Crippen LogP contribution in [0.3, 0.4) is 0 Å². The maximum Gasteiger partial charge on any atom is 0.530 e. The molecule has 0 bridgehead atoms. The minimum Gasteiger partial charge on any atom is -0.377 e. The normalized spacial score (nSPS) is 15.0. The molecule has 11 heavy (non-hydrogen) atoms. The lowest BCUT2D eigenvalue weighted by molar-refractivity contribution is 0.0436. The molecule has 0 heterocycles. The average Bonchev–Trinajstić information content (AvgIpc) is 2.08. The first-order chi connectivity index (χ1) is 5.16. The van der Waals surface area contributed by atoms with E-state index in [0.717, 1.165) is 0 Å². The zero-order valence-corrected chi connectivity index (χ0v) is 8.71. The van der Waals surface area contributed by atoms with Crippen molar-refractivity contribution >= 4 is 8.80 Å². The van der Waals surface area contributed by atoms with Crippen molar-refractivity contribution in [3.05, 3.63) is 0 Å². The van der Waals surface area contributed by atoms with Gasteiger partial charge >= 0.3 is 8.80 Å². The van der Waals surface area contributed by atoms with Gasteiger partial charge in [0.15, 0.2) is 0 Å². The topological polar surface area (TPSA) is 36.9 Å². The fraction of sp³-hybridized carbons (Fsp3) is 1.00. The molecule has 1 unspecified atom stereocenters. The zero-order valence-electron chi connectivity index (χ0n) is 7.71. The SMILES string of the molecule is COC(C)[Si](OC)(OC)OC. The summed E-state index contributed by atoms with van der Waals surface area (Å²) in [5, 5.41) is 0. The molecular formula is C6H16O4Si. The smallest absolute Gasteiger partial charge is 0.377 e. The summed E-state index contributed by atoms with van der Waals surface area (Å²) < 4.78 is 20.6. The second kappa shape index (κ2) is 4.84. The summed E-state index contributed by atoms with van der Waals surface area (Å²) in [6.07, 6.45) is 0. The average molecular weight is 180 g/mol. The van der Waals surface area contributed by atoms with Crippen LogP contribution in [0.25, 0.3) is 0 Å². The molecule has 1 atom stereocenters. The fourth-order valence-electron chi connectivity index (χ4n) is 0.892. The summed E-state index contributed by atoms with van der Waals surface area (Å²) >= 11 is 0. The third kappa shape index (κ3) is 2.24. The number of hydrogen-bond donors (Lipinski definition) is 0. The van der Waals surface area contributed by atoms with E-state index >= 15 is 0 Å². The zero-order chi connectivity index (χ0) is 8.91. The molecule has 0 aliphatic carbocycles. The maximum absolute atomic E-state index is 5.16. The van der Waals surface area contributed by atoms with Crippen molar-refractivity contribution in [1.29, 1.82) is 0 Å². The van der Waals surface area contributed by atoms with E-state index in [2.05, 4.69) is 0 Å². The lowest BCUT2D eigenvalue weighted by Gasteiger charge is -2.28. The Hall–Kier alpha value is 0.0569. The Bertz CT molecular complexity index is 96.5. The highest BCUT2D eigenvalue weighted by atomic mass is 28.4. The van der Waals surface area contributed by atoms with Crippen LogP contribution < -0.4 is 0 Å². The molecule has 0 saturated carbocycles. The van der Waals surface area contributed by atoms with Crippen molar-refractivity contribution < 1.29 is 18.0 Å². The summed E-state index contributed by atoms with van der Waals surface area (Å²) in [7, 11) is 3.75. The fourth-order valence-corrected chi connectivity index (χ4v) is 2.68. The second-order valence-electron chi connectivity index (χ2n) is 2.09. The van der Waals surface area contributed by atoms with Gasteiger partial charge in [-0.25, -0.2) is 0 Å². The van der Waals surface area contributed by atoms with Crippen LogP contribution in [-0.2, 0) is 18.0 Å². The first-order valence-electron chi connectivity index (χ1n) is 3.35. The van der Waals surface area contributed by atoms with Gasteiger partial charge in [0.05, 0.1) is 0 Å². The van der Waals surface area contributed by atoms with Crippen LogP contribution in [-0.4, -0.2) is 43.0 Å². The molecule has 0 aromatic carbocycles. The molecule has 0 spiro atoms. The van der Waals surface area contributed by atoms with E-state index in [4.69, 9.17) is 18.0 Å². The second-order valence-corrected chi connectivity index (χ2v) is 5.34. The number of rotatable bonds is 5. The van der Waals surface area contributed by atoms with Gasteiger partial charge in [-0.15, -0.1) is 0 Å².